The van der Waals surface area contributed by atoms with E-state index in [1.54, 1.807) is 0 Å². The molecule has 1 aromatic carbocycles. The lowest BCUT2D eigenvalue weighted by Crippen LogP contribution is -2.35. The molecule has 0 aromatic heterocycles. The number of carbonyl (C=O) groups is 3. The summed E-state index contributed by atoms with van der Waals surface area (Å²) >= 11 is 0. The number of anilines is 1. The molecule has 1 saturated heterocycles. The maximum Gasteiger partial charge on any atom is 0.335 e. The van der Waals surface area contributed by atoms with Gasteiger partial charge in [-0.2, -0.15) is 0 Å². The topological polar surface area (TPSA) is 116 Å². The van der Waals surface area contributed by atoms with Crippen molar-refractivity contribution in [2.45, 2.75) is 18.9 Å². The number of benzene rings is 1. The van der Waals surface area contributed by atoms with Gasteiger partial charge in [0.1, 0.15) is 0 Å². The van der Waals surface area contributed by atoms with Crippen LogP contribution in [0.3, 0.4) is 0 Å². The van der Waals surface area contributed by atoms with Crippen LogP contribution < -0.4 is 10.6 Å². The zero-order valence-electron chi connectivity index (χ0n) is 10.5. The van der Waals surface area contributed by atoms with Crippen molar-refractivity contribution in [3.8, 4) is 0 Å². The summed E-state index contributed by atoms with van der Waals surface area (Å²) in [5.41, 5.74) is -0.194. The van der Waals surface area contributed by atoms with Crippen LogP contribution in [0.4, 0.5) is 5.69 Å². The van der Waals surface area contributed by atoms with Crippen LogP contribution in [0.1, 0.15) is 33.6 Å². The van der Waals surface area contributed by atoms with Crippen molar-refractivity contribution in [1.82, 2.24) is 5.32 Å². The summed E-state index contributed by atoms with van der Waals surface area (Å²) in [5, 5.41) is 23.4. The van der Waals surface area contributed by atoms with E-state index in [4.69, 9.17) is 10.2 Å². The zero-order chi connectivity index (χ0) is 14.7. The molecule has 1 aromatic rings. The van der Waals surface area contributed by atoms with Crippen LogP contribution >= 0.6 is 0 Å². The van der Waals surface area contributed by atoms with Crippen molar-refractivity contribution in [2.24, 2.45) is 0 Å². The van der Waals surface area contributed by atoms with Crippen LogP contribution in [-0.4, -0.2) is 40.6 Å². The van der Waals surface area contributed by atoms with E-state index in [0.29, 0.717) is 6.42 Å². The van der Waals surface area contributed by atoms with Crippen LogP contribution in [0.15, 0.2) is 18.2 Å². The normalized spacial score (nSPS) is 17.7. The molecule has 1 fully saturated rings. The highest BCUT2D eigenvalue weighted by Crippen LogP contribution is 2.17. The summed E-state index contributed by atoms with van der Waals surface area (Å²) in [6.07, 6.45) is 1.60. The molecule has 20 heavy (non-hydrogen) atoms. The smallest absolute Gasteiger partial charge is 0.335 e. The molecular weight excluding hydrogens is 264 g/mol. The van der Waals surface area contributed by atoms with Crippen molar-refractivity contribution in [3.05, 3.63) is 29.3 Å². The second kappa shape index (κ2) is 5.70. The van der Waals surface area contributed by atoms with Gasteiger partial charge in [0.2, 0.25) is 5.91 Å². The number of carbonyl (C=O) groups excluding carboxylic acids is 1. The molecule has 1 unspecified atom stereocenters. The first kappa shape index (κ1) is 14.0. The van der Waals surface area contributed by atoms with Gasteiger partial charge in [0, 0.05) is 5.69 Å². The summed E-state index contributed by atoms with van der Waals surface area (Å²) in [4.78, 5) is 33.8. The van der Waals surface area contributed by atoms with Gasteiger partial charge in [-0.3, -0.25) is 4.79 Å². The lowest BCUT2D eigenvalue weighted by atomic mass is 10.1. The fourth-order valence-electron chi connectivity index (χ4n) is 2.08. The molecule has 0 radical (unpaired) electrons. The Hall–Kier alpha value is -2.41. The summed E-state index contributed by atoms with van der Waals surface area (Å²) < 4.78 is 0. The van der Waals surface area contributed by atoms with Gasteiger partial charge < -0.3 is 20.8 Å². The minimum absolute atomic E-state index is 0.168. The van der Waals surface area contributed by atoms with E-state index in [9.17, 15) is 14.4 Å². The molecule has 0 spiro atoms. The third kappa shape index (κ3) is 3.12. The summed E-state index contributed by atoms with van der Waals surface area (Å²) in [6, 6.07) is 3.20. The average Bonchev–Trinajstić information content (AvgIpc) is 2.92. The van der Waals surface area contributed by atoms with E-state index in [-0.39, 0.29) is 28.8 Å². The number of hydrogen-bond donors (Lipinski definition) is 4. The molecule has 7 nitrogen and oxygen atoms in total. The summed E-state index contributed by atoms with van der Waals surface area (Å²) in [5.74, 6) is -2.79. The Morgan fingerprint density at radius 1 is 1.10 bits per heavy atom. The molecule has 0 saturated carbocycles. The maximum absolute atomic E-state index is 11.9. The van der Waals surface area contributed by atoms with Gasteiger partial charge in [-0.05, 0) is 37.6 Å². The van der Waals surface area contributed by atoms with E-state index < -0.39 is 11.9 Å². The molecule has 1 heterocycles. The Morgan fingerprint density at radius 3 is 2.15 bits per heavy atom. The number of carboxylic acids is 2. The van der Waals surface area contributed by atoms with Crippen LogP contribution in [0.2, 0.25) is 0 Å². The number of amides is 1. The van der Waals surface area contributed by atoms with Gasteiger partial charge in [-0.1, -0.05) is 0 Å². The van der Waals surface area contributed by atoms with E-state index >= 15 is 0 Å². The van der Waals surface area contributed by atoms with Gasteiger partial charge in [0.05, 0.1) is 17.2 Å². The van der Waals surface area contributed by atoms with E-state index in [1.165, 1.54) is 12.1 Å². The fraction of sp³-hybridized carbons (Fsp3) is 0.308. The fourth-order valence-corrected chi connectivity index (χ4v) is 2.08. The van der Waals surface area contributed by atoms with Crippen molar-refractivity contribution in [1.29, 1.82) is 0 Å². The second-order valence-electron chi connectivity index (χ2n) is 4.55. The van der Waals surface area contributed by atoms with Gasteiger partial charge in [0.15, 0.2) is 0 Å². The molecule has 0 bridgehead atoms. The lowest BCUT2D eigenvalue weighted by Gasteiger charge is -2.12. The molecule has 1 amide bonds. The number of nitrogens with one attached hydrogen (secondary N) is 2. The van der Waals surface area contributed by atoms with E-state index in [0.717, 1.165) is 19.0 Å². The number of rotatable bonds is 4. The van der Waals surface area contributed by atoms with Crippen molar-refractivity contribution in [2.75, 3.05) is 11.9 Å². The van der Waals surface area contributed by atoms with Crippen LogP contribution in [-0.2, 0) is 4.79 Å². The van der Waals surface area contributed by atoms with Crippen LogP contribution in [0, 0.1) is 0 Å². The van der Waals surface area contributed by atoms with Crippen molar-refractivity contribution >= 4 is 23.5 Å². The predicted octanol–water partition coefficient (Wildman–Crippen LogP) is 0.773. The molecule has 106 valence electrons. The Balaban J connectivity index is 2.23. The van der Waals surface area contributed by atoms with Gasteiger partial charge >= 0.3 is 11.9 Å². The highest BCUT2D eigenvalue weighted by Gasteiger charge is 2.22. The monoisotopic (exact) mass is 278 g/mol. The number of carboxylic acid groups (broad SMARTS) is 2. The summed E-state index contributed by atoms with van der Waals surface area (Å²) in [6.45, 7) is 0.758. The second-order valence-corrected chi connectivity index (χ2v) is 4.55. The lowest BCUT2D eigenvalue weighted by molar-refractivity contribution is -0.117. The zero-order valence-corrected chi connectivity index (χ0v) is 10.5. The highest BCUT2D eigenvalue weighted by atomic mass is 16.4. The van der Waals surface area contributed by atoms with Crippen molar-refractivity contribution in [3.63, 3.8) is 0 Å². The molecule has 0 aliphatic carbocycles. The molecule has 1 atom stereocenters. The standard InChI is InChI=1S/C13H14N2O5/c16-11(10-2-1-3-14-10)15-9-5-7(12(17)18)4-8(6-9)13(19)20/h4-6,10,14H,1-3H2,(H,15,16)(H,17,18)(H,19,20). The van der Waals surface area contributed by atoms with Crippen molar-refractivity contribution < 1.29 is 24.6 Å². The molecule has 2 rings (SSSR count). The summed E-state index contributed by atoms with van der Waals surface area (Å²) in [7, 11) is 0. The third-order valence-corrected chi connectivity index (χ3v) is 3.07. The van der Waals surface area contributed by atoms with Crippen LogP contribution in [0.5, 0.6) is 0 Å². The van der Waals surface area contributed by atoms with Crippen LogP contribution in [0.25, 0.3) is 0 Å². The Bertz CT molecular complexity index is 532. The first-order chi connectivity index (χ1) is 9.47. The molecule has 7 heteroatoms. The Morgan fingerprint density at radius 2 is 1.70 bits per heavy atom. The minimum Gasteiger partial charge on any atom is -0.478 e. The number of hydrogen-bond acceptors (Lipinski definition) is 4. The van der Waals surface area contributed by atoms with Gasteiger partial charge in [-0.15, -0.1) is 0 Å². The largest absolute Gasteiger partial charge is 0.478 e. The predicted molar refractivity (Wildman–Crippen MR) is 70.0 cm³/mol. The van der Waals surface area contributed by atoms with E-state index in [1.807, 2.05) is 0 Å². The van der Waals surface area contributed by atoms with Gasteiger partial charge in [-0.25, -0.2) is 9.59 Å². The molecule has 1 aliphatic heterocycles. The highest BCUT2D eigenvalue weighted by molar-refractivity contribution is 5.99. The SMILES string of the molecule is O=C(O)c1cc(NC(=O)C2CCCN2)cc(C(=O)O)c1. The molecule has 1 aliphatic rings. The minimum atomic E-state index is -1.25. The maximum atomic E-state index is 11.9. The van der Waals surface area contributed by atoms with E-state index in [2.05, 4.69) is 10.6 Å². The first-order valence-electron chi connectivity index (χ1n) is 6.13. The molecular formula is C13H14N2O5. The average molecular weight is 278 g/mol. The Labute approximate surface area is 114 Å². The number of aromatic carboxylic acids is 2. The first-order valence-corrected chi connectivity index (χ1v) is 6.13. The quantitative estimate of drug-likeness (QED) is 0.646. The molecule has 4 N–H and O–H groups in total. The van der Waals surface area contributed by atoms with Gasteiger partial charge in [0.25, 0.3) is 0 Å². The Kier molecular flexibility index (Phi) is 3.99. The third-order valence-electron chi connectivity index (χ3n) is 3.07.